The van der Waals surface area contributed by atoms with Crippen molar-refractivity contribution in [2.75, 3.05) is 6.61 Å². The first-order valence-corrected chi connectivity index (χ1v) is 5.86. The molecule has 1 aliphatic heterocycles. The molecule has 0 aromatic heterocycles. The molecule has 4 atom stereocenters. The van der Waals surface area contributed by atoms with E-state index in [4.69, 9.17) is 20.0 Å². The lowest BCUT2D eigenvalue weighted by molar-refractivity contribution is -0.345. The zero-order chi connectivity index (χ0) is 13.4. The molecule has 1 aliphatic rings. The third kappa shape index (κ3) is 3.39. The number of hydrogen-bond donors (Lipinski definition) is 5. The SMILES string of the molecule is O=P(O)(O)OCC1OC(O)C(F)(F)C(O)C1O. The molecule has 0 bridgehead atoms. The van der Waals surface area contributed by atoms with Crippen LogP contribution in [0.1, 0.15) is 0 Å². The van der Waals surface area contributed by atoms with Crippen molar-refractivity contribution in [1.29, 1.82) is 0 Å². The second-order valence-electron chi connectivity index (χ2n) is 3.42. The van der Waals surface area contributed by atoms with E-state index in [1.165, 1.54) is 0 Å². The van der Waals surface area contributed by atoms with E-state index >= 15 is 0 Å². The Balaban J connectivity index is 2.68. The number of aliphatic hydroxyl groups is 3. The van der Waals surface area contributed by atoms with Crippen LogP contribution in [-0.2, 0) is 13.8 Å². The predicted octanol–water partition coefficient (Wildman–Crippen LogP) is -1.83. The van der Waals surface area contributed by atoms with Gasteiger partial charge in [-0.05, 0) is 0 Å². The Morgan fingerprint density at radius 1 is 1.29 bits per heavy atom. The Morgan fingerprint density at radius 2 is 1.82 bits per heavy atom. The van der Waals surface area contributed by atoms with Gasteiger partial charge in [0.15, 0.2) is 6.10 Å². The van der Waals surface area contributed by atoms with Crippen LogP contribution in [0.5, 0.6) is 0 Å². The highest BCUT2D eigenvalue weighted by Gasteiger charge is 2.57. The summed E-state index contributed by atoms with van der Waals surface area (Å²) in [6, 6.07) is 0. The van der Waals surface area contributed by atoms with E-state index in [-0.39, 0.29) is 0 Å². The van der Waals surface area contributed by atoms with Gasteiger partial charge in [-0.25, -0.2) is 4.57 Å². The molecule has 8 nitrogen and oxygen atoms in total. The molecular weight excluding hydrogens is 269 g/mol. The van der Waals surface area contributed by atoms with Gasteiger partial charge in [0.2, 0.25) is 6.29 Å². The molecular formula is C6H11F2O8P. The summed E-state index contributed by atoms with van der Waals surface area (Å²) in [5.41, 5.74) is 0. The molecule has 0 aliphatic carbocycles. The zero-order valence-corrected chi connectivity index (χ0v) is 9.07. The minimum Gasteiger partial charge on any atom is -0.387 e. The van der Waals surface area contributed by atoms with Crippen LogP contribution in [0.25, 0.3) is 0 Å². The van der Waals surface area contributed by atoms with Crippen LogP contribution in [0.15, 0.2) is 0 Å². The number of ether oxygens (including phenoxy) is 1. The van der Waals surface area contributed by atoms with Crippen LogP contribution in [0.2, 0.25) is 0 Å². The summed E-state index contributed by atoms with van der Waals surface area (Å²) < 4.78 is 44.3. The molecule has 0 radical (unpaired) electrons. The Hall–Kier alpha value is -0.190. The lowest BCUT2D eigenvalue weighted by atomic mass is 9.98. The third-order valence-electron chi connectivity index (χ3n) is 2.14. The van der Waals surface area contributed by atoms with E-state index in [1.54, 1.807) is 0 Å². The standard InChI is InChI=1S/C6H11F2O8P/c7-6(8)4(10)3(9)2(16-5(6)11)1-15-17(12,13)14/h2-5,9-11H,1H2,(H2,12,13,14). The second-order valence-corrected chi connectivity index (χ2v) is 4.66. The van der Waals surface area contributed by atoms with E-state index < -0.39 is 45.0 Å². The predicted molar refractivity (Wildman–Crippen MR) is 45.8 cm³/mol. The average Bonchev–Trinajstić information content (AvgIpc) is 2.18. The summed E-state index contributed by atoms with van der Waals surface area (Å²) in [5, 5.41) is 27.0. The number of phosphoric acid groups is 1. The van der Waals surface area contributed by atoms with Crippen molar-refractivity contribution in [3.05, 3.63) is 0 Å². The maximum atomic E-state index is 12.9. The number of halogens is 2. The van der Waals surface area contributed by atoms with Crippen molar-refractivity contribution in [2.45, 2.75) is 30.5 Å². The number of phosphoric ester groups is 1. The van der Waals surface area contributed by atoms with E-state index in [1.807, 2.05) is 0 Å². The summed E-state index contributed by atoms with van der Waals surface area (Å²) in [7, 11) is -4.87. The van der Waals surface area contributed by atoms with Crippen LogP contribution in [0.4, 0.5) is 8.78 Å². The quantitative estimate of drug-likeness (QED) is 0.381. The van der Waals surface area contributed by atoms with Gasteiger partial charge in [-0.2, -0.15) is 8.78 Å². The van der Waals surface area contributed by atoms with Crippen LogP contribution in [0, 0.1) is 0 Å². The number of aliphatic hydroxyl groups excluding tert-OH is 3. The van der Waals surface area contributed by atoms with E-state index in [0.29, 0.717) is 0 Å². The van der Waals surface area contributed by atoms with Gasteiger partial charge in [0.05, 0.1) is 6.61 Å². The van der Waals surface area contributed by atoms with Crippen molar-refractivity contribution >= 4 is 7.82 Å². The van der Waals surface area contributed by atoms with Gasteiger partial charge in [-0.1, -0.05) is 0 Å². The second kappa shape index (κ2) is 4.82. The van der Waals surface area contributed by atoms with Crippen LogP contribution < -0.4 is 0 Å². The Labute approximate surface area is 93.6 Å². The summed E-state index contributed by atoms with van der Waals surface area (Å²) in [6.07, 6.45) is -9.17. The highest BCUT2D eigenvalue weighted by atomic mass is 31.2. The molecule has 1 rings (SSSR count). The Kier molecular flexibility index (Phi) is 4.22. The fourth-order valence-corrected chi connectivity index (χ4v) is 1.56. The highest BCUT2D eigenvalue weighted by molar-refractivity contribution is 7.46. The number of rotatable bonds is 3. The maximum Gasteiger partial charge on any atom is 0.469 e. The fraction of sp³-hybridized carbons (Fsp3) is 1.00. The van der Waals surface area contributed by atoms with Crippen LogP contribution >= 0.6 is 7.82 Å². The van der Waals surface area contributed by atoms with Gasteiger partial charge in [0, 0.05) is 0 Å². The molecule has 1 fully saturated rings. The van der Waals surface area contributed by atoms with Gasteiger partial charge in [0.1, 0.15) is 12.2 Å². The van der Waals surface area contributed by atoms with Crippen LogP contribution in [0.3, 0.4) is 0 Å². The number of alkyl halides is 2. The molecule has 0 aromatic rings. The lowest BCUT2D eigenvalue weighted by Crippen LogP contribution is -2.62. The van der Waals surface area contributed by atoms with E-state index in [0.717, 1.165) is 0 Å². The molecule has 0 aromatic carbocycles. The van der Waals surface area contributed by atoms with Crippen molar-refractivity contribution in [3.8, 4) is 0 Å². The van der Waals surface area contributed by atoms with Crippen molar-refractivity contribution < 1.29 is 47.7 Å². The van der Waals surface area contributed by atoms with E-state index in [2.05, 4.69) is 9.26 Å². The largest absolute Gasteiger partial charge is 0.469 e. The van der Waals surface area contributed by atoms with Gasteiger partial charge in [-0.15, -0.1) is 0 Å². The molecule has 102 valence electrons. The summed E-state index contributed by atoms with van der Waals surface area (Å²) in [5.74, 6) is -4.09. The lowest BCUT2D eigenvalue weighted by Gasteiger charge is -2.40. The van der Waals surface area contributed by atoms with Gasteiger partial charge in [0.25, 0.3) is 0 Å². The maximum absolute atomic E-state index is 12.9. The molecule has 0 saturated carbocycles. The first-order valence-electron chi connectivity index (χ1n) is 4.33. The average molecular weight is 280 g/mol. The zero-order valence-electron chi connectivity index (χ0n) is 8.18. The molecule has 11 heteroatoms. The molecule has 0 amide bonds. The summed E-state index contributed by atoms with van der Waals surface area (Å²) in [4.78, 5) is 16.7. The highest BCUT2D eigenvalue weighted by Crippen LogP contribution is 2.38. The monoisotopic (exact) mass is 280 g/mol. The Bertz CT molecular complexity index is 319. The van der Waals surface area contributed by atoms with Crippen molar-refractivity contribution in [3.63, 3.8) is 0 Å². The smallest absolute Gasteiger partial charge is 0.387 e. The molecule has 1 heterocycles. The molecule has 4 unspecified atom stereocenters. The van der Waals surface area contributed by atoms with Crippen LogP contribution in [-0.4, -0.2) is 62.2 Å². The minimum absolute atomic E-state index is 0.963. The molecule has 17 heavy (non-hydrogen) atoms. The molecule has 5 N–H and O–H groups in total. The molecule has 0 spiro atoms. The minimum atomic E-state index is -4.87. The topological polar surface area (TPSA) is 137 Å². The van der Waals surface area contributed by atoms with Gasteiger partial charge in [-0.3, -0.25) is 4.52 Å². The van der Waals surface area contributed by atoms with Gasteiger partial charge < -0.3 is 29.8 Å². The third-order valence-corrected chi connectivity index (χ3v) is 2.62. The van der Waals surface area contributed by atoms with Gasteiger partial charge >= 0.3 is 13.7 Å². The number of hydrogen-bond acceptors (Lipinski definition) is 6. The summed E-state index contributed by atoms with van der Waals surface area (Å²) in [6.45, 7) is -0.963. The van der Waals surface area contributed by atoms with Crippen molar-refractivity contribution in [1.82, 2.24) is 0 Å². The summed E-state index contributed by atoms with van der Waals surface area (Å²) >= 11 is 0. The van der Waals surface area contributed by atoms with E-state index in [9.17, 15) is 18.5 Å². The van der Waals surface area contributed by atoms with Crippen molar-refractivity contribution in [2.24, 2.45) is 0 Å². The first kappa shape index (κ1) is 14.9. The Morgan fingerprint density at radius 3 is 2.29 bits per heavy atom. The molecule has 1 saturated heterocycles. The fourth-order valence-electron chi connectivity index (χ4n) is 1.22. The normalized spacial score (nSPS) is 38.1. The first-order chi connectivity index (χ1) is 7.55.